The van der Waals surface area contributed by atoms with Gasteiger partial charge >= 0.3 is 0 Å². The molecule has 0 bridgehead atoms. The molecule has 6 nitrogen and oxygen atoms in total. The van der Waals surface area contributed by atoms with Crippen LogP contribution >= 0.6 is 34.7 Å². The zero-order chi connectivity index (χ0) is 23.5. The van der Waals surface area contributed by atoms with Gasteiger partial charge in [0.05, 0.1) is 23.4 Å². The maximum Gasteiger partial charge on any atom is 0.210 e. The molecule has 9 heteroatoms. The van der Waals surface area contributed by atoms with Crippen LogP contribution in [0, 0.1) is 0 Å². The third-order valence-corrected chi connectivity index (χ3v) is 7.55. The standard InChI is InChI=1S/C25H22ClN5OS2/c1-16(33-25-30-29-24(34-25)27-19-9-6-10-20(14-19)32-2)23-28-21-13-18(26)11-12-22(21)31(23)15-17-7-4-3-5-8-17/h3-14,16H,15H2,1-2H3,(H,27,29). The lowest BCUT2D eigenvalue weighted by Crippen LogP contribution is -2.06. The highest BCUT2D eigenvalue weighted by Crippen LogP contribution is 2.39. The van der Waals surface area contributed by atoms with Crippen LogP contribution in [0.2, 0.25) is 5.02 Å². The molecule has 3 aromatic carbocycles. The second-order valence-electron chi connectivity index (χ2n) is 7.66. The first-order valence-electron chi connectivity index (χ1n) is 10.7. The monoisotopic (exact) mass is 507 g/mol. The van der Waals surface area contributed by atoms with Crippen molar-refractivity contribution in [1.29, 1.82) is 0 Å². The number of imidazole rings is 1. The van der Waals surface area contributed by atoms with E-state index in [-0.39, 0.29) is 5.25 Å². The summed E-state index contributed by atoms with van der Waals surface area (Å²) in [5.74, 6) is 1.76. The molecule has 2 heterocycles. The first-order chi connectivity index (χ1) is 16.6. The van der Waals surface area contributed by atoms with E-state index in [0.29, 0.717) is 5.02 Å². The van der Waals surface area contributed by atoms with E-state index in [2.05, 4.69) is 51.3 Å². The Balaban J connectivity index is 1.39. The fourth-order valence-electron chi connectivity index (χ4n) is 3.70. The highest BCUT2D eigenvalue weighted by Gasteiger charge is 2.20. The second kappa shape index (κ2) is 10.0. The zero-order valence-corrected chi connectivity index (χ0v) is 21.0. The molecule has 0 radical (unpaired) electrons. The molecule has 0 amide bonds. The summed E-state index contributed by atoms with van der Waals surface area (Å²) >= 11 is 9.41. The Bertz CT molecular complexity index is 1420. The van der Waals surface area contributed by atoms with Gasteiger partial charge in [0, 0.05) is 23.3 Å². The number of methoxy groups -OCH3 is 1. The number of hydrogen-bond acceptors (Lipinski definition) is 7. The van der Waals surface area contributed by atoms with E-state index in [1.807, 2.05) is 48.5 Å². The van der Waals surface area contributed by atoms with Crippen LogP contribution < -0.4 is 10.1 Å². The molecule has 0 aliphatic carbocycles. The maximum absolute atomic E-state index is 6.25. The maximum atomic E-state index is 6.25. The largest absolute Gasteiger partial charge is 0.497 e. The quantitative estimate of drug-likeness (QED) is 0.224. The summed E-state index contributed by atoms with van der Waals surface area (Å²) in [7, 11) is 1.65. The van der Waals surface area contributed by atoms with Crippen molar-refractivity contribution in [3.8, 4) is 5.75 Å². The minimum absolute atomic E-state index is 0.0625. The SMILES string of the molecule is COc1cccc(Nc2nnc(SC(C)c3nc4cc(Cl)ccc4n3Cc3ccccc3)s2)c1. The Kier molecular flexibility index (Phi) is 6.71. The highest BCUT2D eigenvalue weighted by molar-refractivity contribution is 8.01. The molecule has 0 spiro atoms. The van der Waals surface area contributed by atoms with Crippen LogP contribution in [0.3, 0.4) is 0 Å². The number of nitrogens with zero attached hydrogens (tertiary/aromatic N) is 4. The van der Waals surface area contributed by atoms with Gasteiger partial charge in [0.1, 0.15) is 11.6 Å². The average Bonchev–Trinajstić information content (AvgIpc) is 3.43. The second-order valence-corrected chi connectivity index (χ2v) is 10.7. The number of nitrogens with one attached hydrogen (secondary N) is 1. The molecular formula is C25H22ClN5OS2. The summed E-state index contributed by atoms with van der Waals surface area (Å²) in [6, 6.07) is 24.0. The summed E-state index contributed by atoms with van der Waals surface area (Å²) in [6.07, 6.45) is 0. The summed E-state index contributed by atoms with van der Waals surface area (Å²) < 4.78 is 8.42. The van der Waals surface area contributed by atoms with Gasteiger partial charge in [-0.3, -0.25) is 0 Å². The van der Waals surface area contributed by atoms with Gasteiger partial charge in [0.2, 0.25) is 5.13 Å². The van der Waals surface area contributed by atoms with Gasteiger partial charge in [-0.15, -0.1) is 10.2 Å². The van der Waals surface area contributed by atoms with Gasteiger partial charge in [-0.05, 0) is 42.8 Å². The van der Waals surface area contributed by atoms with Crippen molar-refractivity contribution in [3.05, 3.63) is 89.2 Å². The lowest BCUT2D eigenvalue weighted by atomic mass is 10.2. The number of aromatic nitrogens is 4. The topological polar surface area (TPSA) is 64.9 Å². The molecule has 1 N–H and O–H groups in total. The fourth-order valence-corrected chi connectivity index (χ4v) is 5.90. The number of halogens is 1. The Morgan fingerprint density at radius 1 is 1.06 bits per heavy atom. The summed E-state index contributed by atoms with van der Waals surface area (Å²) in [6.45, 7) is 2.88. The van der Waals surface area contributed by atoms with E-state index in [1.165, 1.54) is 16.9 Å². The first kappa shape index (κ1) is 22.7. The van der Waals surface area contributed by atoms with Gasteiger partial charge in [0.15, 0.2) is 4.34 Å². The number of benzene rings is 3. The first-order valence-corrected chi connectivity index (χ1v) is 12.8. The average molecular weight is 508 g/mol. The van der Waals surface area contributed by atoms with E-state index < -0.39 is 0 Å². The molecule has 0 fully saturated rings. The van der Waals surface area contributed by atoms with Crippen LogP contribution in [0.5, 0.6) is 5.75 Å². The van der Waals surface area contributed by atoms with Gasteiger partial charge in [-0.25, -0.2) is 4.98 Å². The molecule has 1 atom stereocenters. The predicted octanol–water partition coefficient (Wildman–Crippen LogP) is 7.20. The van der Waals surface area contributed by atoms with Crippen LogP contribution in [0.15, 0.2) is 77.1 Å². The molecule has 1 unspecified atom stereocenters. The van der Waals surface area contributed by atoms with Crippen molar-refractivity contribution < 1.29 is 4.74 Å². The molecule has 2 aromatic heterocycles. The van der Waals surface area contributed by atoms with Crippen LogP contribution in [0.4, 0.5) is 10.8 Å². The Labute approximate surface area is 211 Å². The molecule has 5 rings (SSSR count). The van der Waals surface area contributed by atoms with Crippen LogP contribution in [-0.4, -0.2) is 26.9 Å². The van der Waals surface area contributed by atoms with Crippen LogP contribution in [0.25, 0.3) is 11.0 Å². The molecule has 5 aromatic rings. The van der Waals surface area contributed by atoms with Crippen molar-refractivity contribution in [3.63, 3.8) is 0 Å². The van der Waals surface area contributed by atoms with Gasteiger partial charge in [-0.2, -0.15) is 0 Å². The highest BCUT2D eigenvalue weighted by atomic mass is 35.5. The van der Waals surface area contributed by atoms with Gasteiger partial charge in [0.25, 0.3) is 0 Å². The number of rotatable bonds is 8. The molecule has 34 heavy (non-hydrogen) atoms. The molecule has 0 saturated heterocycles. The number of fused-ring (bicyclic) bond motifs is 1. The molecular weight excluding hydrogens is 486 g/mol. The lowest BCUT2D eigenvalue weighted by Gasteiger charge is -2.13. The molecule has 0 aliphatic rings. The van der Waals surface area contributed by atoms with E-state index in [9.17, 15) is 0 Å². The Morgan fingerprint density at radius 3 is 2.74 bits per heavy atom. The fraction of sp³-hybridized carbons (Fsp3) is 0.160. The zero-order valence-electron chi connectivity index (χ0n) is 18.6. The Hall–Kier alpha value is -3.07. The summed E-state index contributed by atoms with van der Waals surface area (Å²) in [5.41, 5.74) is 4.08. The lowest BCUT2D eigenvalue weighted by molar-refractivity contribution is 0.415. The Morgan fingerprint density at radius 2 is 1.91 bits per heavy atom. The van der Waals surface area contributed by atoms with E-state index >= 15 is 0 Å². The molecule has 0 aliphatic heterocycles. The van der Waals surface area contributed by atoms with Crippen molar-refractivity contribution in [2.45, 2.75) is 23.1 Å². The number of hydrogen-bond donors (Lipinski definition) is 1. The van der Waals surface area contributed by atoms with Crippen LogP contribution in [-0.2, 0) is 6.54 Å². The number of thioether (sulfide) groups is 1. The summed E-state index contributed by atoms with van der Waals surface area (Å²) in [5, 5.41) is 13.5. The van der Waals surface area contributed by atoms with Crippen molar-refractivity contribution in [2.75, 3.05) is 12.4 Å². The number of ether oxygens (including phenoxy) is 1. The number of anilines is 2. The van der Waals surface area contributed by atoms with Gasteiger partial charge in [-0.1, -0.05) is 71.1 Å². The van der Waals surface area contributed by atoms with Crippen molar-refractivity contribution in [2.24, 2.45) is 0 Å². The molecule has 172 valence electrons. The minimum Gasteiger partial charge on any atom is -0.497 e. The third kappa shape index (κ3) is 5.04. The van der Waals surface area contributed by atoms with E-state index in [4.69, 9.17) is 21.3 Å². The smallest absolute Gasteiger partial charge is 0.210 e. The van der Waals surface area contributed by atoms with Crippen molar-refractivity contribution in [1.82, 2.24) is 19.7 Å². The van der Waals surface area contributed by atoms with E-state index in [0.717, 1.165) is 44.3 Å². The normalized spacial score (nSPS) is 12.1. The van der Waals surface area contributed by atoms with Crippen LogP contribution in [0.1, 0.15) is 23.6 Å². The molecule has 0 saturated carbocycles. The van der Waals surface area contributed by atoms with Crippen molar-refractivity contribution >= 4 is 56.6 Å². The van der Waals surface area contributed by atoms with Gasteiger partial charge < -0.3 is 14.6 Å². The minimum atomic E-state index is 0.0625. The predicted molar refractivity (Wildman–Crippen MR) is 141 cm³/mol. The summed E-state index contributed by atoms with van der Waals surface area (Å²) in [4.78, 5) is 4.94. The third-order valence-electron chi connectivity index (χ3n) is 5.29. The van der Waals surface area contributed by atoms with E-state index in [1.54, 1.807) is 18.9 Å².